The third-order valence-corrected chi connectivity index (χ3v) is 10.9. The van der Waals surface area contributed by atoms with Gasteiger partial charge in [-0.05, 0) is 133 Å². The smallest absolute Gasteiger partial charge is 0.303 e. The molecular formula is C40H44ClNO4S. The van der Waals surface area contributed by atoms with Crippen LogP contribution in [-0.2, 0) is 27.1 Å². The van der Waals surface area contributed by atoms with Crippen molar-refractivity contribution in [2.75, 3.05) is 24.7 Å². The van der Waals surface area contributed by atoms with Gasteiger partial charge in [-0.25, -0.2) is 4.98 Å². The Labute approximate surface area is 287 Å². The van der Waals surface area contributed by atoms with Crippen LogP contribution in [0.1, 0.15) is 73.8 Å². The summed E-state index contributed by atoms with van der Waals surface area (Å²) in [6, 6.07) is 25.3. The van der Waals surface area contributed by atoms with Crippen molar-refractivity contribution in [1.29, 1.82) is 0 Å². The van der Waals surface area contributed by atoms with Gasteiger partial charge < -0.3 is 14.6 Å². The molecule has 1 aromatic heterocycles. The number of nitrogens with zero attached hydrogens (tertiary/aromatic N) is 1. The van der Waals surface area contributed by atoms with Crippen LogP contribution in [-0.4, -0.2) is 47.1 Å². The summed E-state index contributed by atoms with van der Waals surface area (Å²) in [6.45, 7) is 1.48. The second kappa shape index (κ2) is 16.3. The summed E-state index contributed by atoms with van der Waals surface area (Å²) in [5, 5.41) is 11.0. The number of pyridine rings is 1. The molecule has 1 saturated carbocycles. The Morgan fingerprint density at radius 1 is 1.02 bits per heavy atom. The van der Waals surface area contributed by atoms with Crippen LogP contribution in [0.4, 0.5) is 0 Å². The maximum absolute atomic E-state index is 11.3. The van der Waals surface area contributed by atoms with E-state index in [0.29, 0.717) is 18.1 Å². The van der Waals surface area contributed by atoms with Crippen LogP contribution in [0, 0.1) is 5.41 Å². The minimum Gasteiger partial charge on any atom is -0.481 e. The van der Waals surface area contributed by atoms with Gasteiger partial charge in [0.1, 0.15) is 0 Å². The number of hydrogen-bond acceptors (Lipinski definition) is 5. The number of benzene rings is 3. The molecule has 1 aliphatic heterocycles. The zero-order valence-electron chi connectivity index (χ0n) is 27.0. The molecule has 0 amide bonds. The fraction of sp³-hybridized carbons (Fsp3) is 0.400. The molecule has 0 unspecified atom stereocenters. The van der Waals surface area contributed by atoms with E-state index in [4.69, 9.17) is 26.1 Å². The van der Waals surface area contributed by atoms with Gasteiger partial charge >= 0.3 is 5.97 Å². The van der Waals surface area contributed by atoms with Gasteiger partial charge in [-0.15, -0.1) is 0 Å². The van der Waals surface area contributed by atoms with E-state index in [1.54, 1.807) is 0 Å². The molecule has 47 heavy (non-hydrogen) atoms. The first-order valence-corrected chi connectivity index (χ1v) is 18.5. The van der Waals surface area contributed by atoms with E-state index in [0.717, 1.165) is 91.6 Å². The molecule has 1 N–H and O–H groups in total. The number of thioether (sulfide) groups is 1. The van der Waals surface area contributed by atoms with Crippen LogP contribution < -0.4 is 0 Å². The average Bonchev–Trinajstić information content (AvgIpc) is 3.84. The van der Waals surface area contributed by atoms with Gasteiger partial charge in [-0.1, -0.05) is 66.2 Å². The van der Waals surface area contributed by atoms with Crippen LogP contribution >= 0.6 is 23.4 Å². The molecule has 5 nitrogen and oxygen atoms in total. The van der Waals surface area contributed by atoms with Crippen molar-refractivity contribution in [3.63, 3.8) is 0 Å². The highest BCUT2D eigenvalue weighted by Crippen LogP contribution is 2.51. The Hall–Kier alpha value is -3.16. The van der Waals surface area contributed by atoms with Gasteiger partial charge in [0.25, 0.3) is 0 Å². The van der Waals surface area contributed by atoms with Crippen molar-refractivity contribution < 1.29 is 19.4 Å². The number of rotatable bonds is 16. The standard InChI is InChI=1S/C40H44ClNO4S/c41-33-17-15-31-16-19-34(42-37(31)26-33)18-14-29-7-3-9-32(25-29)36-11-4-8-30(10-6-24-47-28-40(20-21-40)27-38(43)44)35(36)12-5-23-46-39-13-1-2-22-45-39/h3-4,7-9,11,14-19,25-26,39H,1-2,5-6,10,12-13,20-24,27-28H2,(H,43,44)/t39-/m1/s1. The third-order valence-electron chi connectivity index (χ3n) is 9.23. The quantitative estimate of drug-likeness (QED) is 0.120. The molecule has 3 aromatic carbocycles. The topological polar surface area (TPSA) is 68.7 Å². The van der Waals surface area contributed by atoms with Gasteiger partial charge in [-0.3, -0.25) is 4.79 Å². The zero-order chi connectivity index (χ0) is 32.5. The Kier molecular flexibility index (Phi) is 11.7. The maximum Gasteiger partial charge on any atom is 0.303 e. The van der Waals surface area contributed by atoms with E-state index in [1.165, 1.54) is 28.7 Å². The first kappa shape index (κ1) is 33.7. The van der Waals surface area contributed by atoms with E-state index < -0.39 is 5.97 Å². The molecule has 1 saturated heterocycles. The summed E-state index contributed by atoms with van der Waals surface area (Å²) in [4.78, 5) is 16.0. The van der Waals surface area contributed by atoms with E-state index in [1.807, 2.05) is 36.0 Å². The summed E-state index contributed by atoms with van der Waals surface area (Å²) in [6.07, 6.45) is 13.8. The molecule has 2 fully saturated rings. The number of fused-ring (bicyclic) bond motifs is 1. The van der Waals surface area contributed by atoms with Crippen molar-refractivity contribution in [1.82, 2.24) is 4.98 Å². The maximum atomic E-state index is 11.3. The lowest BCUT2D eigenvalue weighted by Crippen LogP contribution is -2.22. The summed E-state index contributed by atoms with van der Waals surface area (Å²) in [5.41, 5.74) is 8.21. The Morgan fingerprint density at radius 3 is 2.72 bits per heavy atom. The molecular weight excluding hydrogens is 626 g/mol. The highest BCUT2D eigenvalue weighted by molar-refractivity contribution is 7.99. The number of hydrogen-bond donors (Lipinski definition) is 1. The second-order valence-electron chi connectivity index (χ2n) is 13.0. The molecule has 2 aliphatic rings. The summed E-state index contributed by atoms with van der Waals surface area (Å²) in [5.74, 6) is 1.33. The van der Waals surface area contributed by atoms with Crippen molar-refractivity contribution in [2.45, 2.75) is 70.5 Å². The lowest BCUT2D eigenvalue weighted by atomic mass is 9.90. The number of halogens is 1. The van der Waals surface area contributed by atoms with E-state index in [2.05, 4.69) is 60.7 Å². The molecule has 6 rings (SSSR count). The Morgan fingerprint density at radius 2 is 1.89 bits per heavy atom. The number of aryl methyl sites for hydroxylation is 1. The fourth-order valence-corrected chi connectivity index (χ4v) is 7.94. The van der Waals surface area contributed by atoms with Crippen molar-refractivity contribution >= 4 is 52.4 Å². The van der Waals surface area contributed by atoms with Gasteiger partial charge in [0.05, 0.1) is 24.2 Å². The minimum absolute atomic E-state index is 0.0428. The lowest BCUT2D eigenvalue weighted by Gasteiger charge is -2.23. The highest BCUT2D eigenvalue weighted by atomic mass is 35.5. The predicted molar refractivity (Wildman–Crippen MR) is 195 cm³/mol. The lowest BCUT2D eigenvalue weighted by molar-refractivity contribution is -0.162. The highest BCUT2D eigenvalue weighted by Gasteiger charge is 2.43. The molecule has 1 atom stereocenters. The third kappa shape index (κ3) is 9.70. The van der Waals surface area contributed by atoms with E-state index >= 15 is 0 Å². The summed E-state index contributed by atoms with van der Waals surface area (Å²) >= 11 is 8.12. The minimum atomic E-state index is -0.668. The number of carboxylic acid groups (broad SMARTS) is 1. The van der Waals surface area contributed by atoms with Gasteiger partial charge in [0.15, 0.2) is 6.29 Å². The molecule has 246 valence electrons. The van der Waals surface area contributed by atoms with Crippen molar-refractivity contribution in [3.8, 4) is 11.1 Å². The van der Waals surface area contributed by atoms with Crippen LogP contribution in [0.3, 0.4) is 0 Å². The second-order valence-corrected chi connectivity index (χ2v) is 14.5. The summed E-state index contributed by atoms with van der Waals surface area (Å²) < 4.78 is 11.9. The first-order valence-electron chi connectivity index (χ1n) is 16.9. The average molecular weight is 670 g/mol. The van der Waals surface area contributed by atoms with Crippen LogP contribution in [0.25, 0.3) is 34.2 Å². The number of aliphatic carboxylic acids is 1. The van der Waals surface area contributed by atoms with E-state index in [-0.39, 0.29) is 11.7 Å². The first-order chi connectivity index (χ1) is 23.0. The van der Waals surface area contributed by atoms with Crippen LogP contribution in [0.15, 0.2) is 72.8 Å². The van der Waals surface area contributed by atoms with Crippen LogP contribution in [0.2, 0.25) is 5.02 Å². The number of ether oxygens (including phenoxy) is 2. The normalized spacial score (nSPS) is 17.3. The number of aromatic nitrogens is 1. The summed E-state index contributed by atoms with van der Waals surface area (Å²) in [7, 11) is 0. The molecule has 0 bridgehead atoms. The Bertz CT molecular complexity index is 1700. The molecule has 4 aromatic rings. The monoisotopic (exact) mass is 669 g/mol. The Balaban J connectivity index is 1.15. The molecule has 1 aliphatic carbocycles. The van der Waals surface area contributed by atoms with E-state index in [9.17, 15) is 9.90 Å². The SMILES string of the molecule is O=C(O)CC1(CSCCCc2cccc(-c3cccc(C=Cc4ccc5ccc(Cl)cc5n4)c3)c2CCCO[C@@H]2CCCCO2)CC1. The largest absolute Gasteiger partial charge is 0.481 e. The number of carboxylic acids is 1. The molecule has 0 radical (unpaired) electrons. The molecule has 7 heteroatoms. The van der Waals surface area contributed by atoms with Gasteiger partial charge in [-0.2, -0.15) is 11.8 Å². The van der Waals surface area contributed by atoms with Gasteiger partial charge in [0, 0.05) is 17.0 Å². The van der Waals surface area contributed by atoms with Gasteiger partial charge in [0.2, 0.25) is 0 Å². The zero-order valence-corrected chi connectivity index (χ0v) is 28.5. The fourth-order valence-electron chi connectivity index (χ4n) is 6.45. The van der Waals surface area contributed by atoms with Crippen molar-refractivity contribution in [3.05, 3.63) is 100 Å². The van der Waals surface area contributed by atoms with Crippen molar-refractivity contribution in [2.24, 2.45) is 5.41 Å². The number of carbonyl (C=O) groups is 1. The molecule has 2 heterocycles. The molecule has 0 spiro atoms. The van der Waals surface area contributed by atoms with Crippen LogP contribution in [0.5, 0.6) is 0 Å². The predicted octanol–water partition coefficient (Wildman–Crippen LogP) is 10.1.